The van der Waals surface area contributed by atoms with E-state index >= 15 is 0 Å². The number of amides is 1. The van der Waals surface area contributed by atoms with Crippen LogP contribution in [0, 0.1) is 0 Å². The molecule has 102 valence electrons. The molecule has 0 aliphatic rings. The molecule has 0 aromatic carbocycles. The predicted molar refractivity (Wildman–Crippen MR) is 71.8 cm³/mol. The monoisotopic (exact) mass is 253 g/mol. The van der Waals surface area contributed by atoms with Crippen LogP contribution < -0.4 is 11.1 Å². The van der Waals surface area contributed by atoms with Crippen LogP contribution in [0.5, 0.6) is 0 Å². The van der Waals surface area contributed by atoms with Crippen molar-refractivity contribution >= 4 is 5.91 Å². The summed E-state index contributed by atoms with van der Waals surface area (Å²) in [6.07, 6.45) is 1.77. The van der Waals surface area contributed by atoms with E-state index < -0.39 is 0 Å². The first-order chi connectivity index (χ1) is 8.72. The smallest absolute Gasteiger partial charge is 0.231 e. The molecule has 1 rings (SSSR count). The van der Waals surface area contributed by atoms with Crippen molar-refractivity contribution in [1.29, 1.82) is 0 Å². The number of hydrogen-bond donors (Lipinski definition) is 2. The zero-order valence-corrected chi connectivity index (χ0v) is 11.4. The summed E-state index contributed by atoms with van der Waals surface area (Å²) in [5.74, 6) is -0.360. The normalized spacial score (nSPS) is 9.50. The number of carbonyl (C=O) groups is 1. The fourth-order valence-electron chi connectivity index (χ4n) is 1.18. The van der Waals surface area contributed by atoms with E-state index in [1.54, 1.807) is 6.20 Å². The number of primary amides is 1. The highest BCUT2D eigenvalue weighted by molar-refractivity contribution is 5.75. The van der Waals surface area contributed by atoms with Crippen LogP contribution in [0.15, 0.2) is 18.3 Å². The molecule has 5 heteroatoms. The number of nitrogens with one attached hydrogen (secondary N) is 1. The Hall–Kier alpha value is -1.46. The van der Waals surface area contributed by atoms with E-state index in [2.05, 4.69) is 10.3 Å². The van der Waals surface area contributed by atoms with Gasteiger partial charge in [-0.05, 0) is 18.6 Å². The van der Waals surface area contributed by atoms with E-state index in [4.69, 9.17) is 10.5 Å². The lowest BCUT2D eigenvalue weighted by molar-refractivity contribution is -0.117. The van der Waals surface area contributed by atoms with Gasteiger partial charge in [-0.1, -0.05) is 19.9 Å². The molecule has 18 heavy (non-hydrogen) atoms. The lowest BCUT2D eigenvalue weighted by Crippen LogP contribution is -2.28. The standard InChI is InChI=1S/C11H17N3O2.C2H6/c1-2-16-8-10-4-3-9(6-14-10)5-13-7-11(12)15;1-2/h3-4,6,13H,2,5,7-8H2,1H3,(H2,12,15);1-2H3. The van der Waals surface area contributed by atoms with Gasteiger partial charge in [0.25, 0.3) is 0 Å². The Labute approximate surface area is 109 Å². The summed E-state index contributed by atoms with van der Waals surface area (Å²) in [5, 5.41) is 2.92. The zero-order valence-electron chi connectivity index (χ0n) is 11.4. The maximum atomic E-state index is 10.5. The molecule has 0 spiro atoms. The van der Waals surface area contributed by atoms with Crippen molar-refractivity contribution in [2.24, 2.45) is 5.73 Å². The van der Waals surface area contributed by atoms with Crippen LogP contribution in [-0.4, -0.2) is 24.0 Å². The van der Waals surface area contributed by atoms with Crippen molar-refractivity contribution in [3.63, 3.8) is 0 Å². The summed E-state index contributed by atoms with van der Waals surface area (Å²) < 4.78 is 5.23. The summed E-state index contributed by atoms with van der Waals surface area (Å²) in [4.78, 5) is 14.7. The van der Waals surface area contributed by atoms with Crippen LogP contribution in [-0.2, 0) is 22.7 Å². The third-order valence-electron chi connectivity index (χ3n) is 1.97. The van der Waals surface area contributed by atoms with Gasteiger partial charge in [-0.15, -0.1) is 0 Å². The molecular weight excluding hydrogens is 230 g/mol. The van der Waals surface area contributed by atoms with Crippen molar-refractivity contribution in [2.45, 2.75) is 33.9 Å². The van der Waals surface area contributed by atoms with Gasteiger partial charge in [0.1, 0.15) is 0 Å². The van der Waals surface area contributed by atoms with Crippen molar-refractivity contribution in [3.8, 4) is 0 Å². The molecule has 0 bridgehead atoms. The minimum atomic E-state index is -0.360. The van der Waals surface area contributed by atoms with E-state index in [0.717, 1.165) is 11.3 Å². The number of rotatable bonds is 7. The van der Waals surface area contributed by atoms with Crippen LogP contribution in [0.2, 0.25) is 0 Å². The Balaban J connectivity index is 0.00000137. The molecule has 0 fully saturated rings. The molecule has 1 amide bonds. The highest BCUT2D eigenvalue weighted by Gasteiger charge is 1.97. The van der Waals surface area contributed by atoms with Gasteiger partial charge in [-0.25, -0.2) is 0 Å². The van der Waals surface area contributed by atoms with E-state index in [0.29, 0.717) is 19.8 Å². The second-order valence-electron chi connectivity index (χ2n) is 3.36. The Bertz CT molecular complexity index is 326. The van der Waals surface area contributed by atoms with Gasteiger partial charge < -0.3 is 15.8 Å². The number of nitrogens with zero attached hydrogens (tertiary/aromatic N) is 1. The molecule has 0 saturated carbocycles. The SMILES string of the molecule is CC.CCOCc1ccc(CNCC(N)=O)cn1. The third kappa shape index (κ3) is 7.76. The fourth-order valence-corrected chi connectivity index (χ4v) is 1.18. The zero-order chi connectivity index (χ0) is 13.8. The van der Waals surface area contributed by atoms with Crippen molar-refractivity contribution < 1.29 is 9.53 Å². The van der Waals surface area contributed by atoms with E-state index in [1.165, 1.54) is 0 Å². The summed E-state index contributed by atoms with van der Waals surface area (Å²) in [6, 6.07) is 3.87. The van der Waals surface area contributed by atoms with Gasteiger partial charge in [0.05, 0.1) is 18.8 Å². The molecule has 1 heterocycles. The Morgan fingerprint density at radius 1 is 1.44 bits per heavy atom. The maximum Gasteiger partial charge on any atom is 0.231 e. The molecule has 3 N–H and O–H groups in total. The molecule has 0 saturated heterocycles. The van der Waals surface area contributed by atoms with Crippen LogP contribution >= 0.6 is 0 Å². The number of pyridine rings is 1. The van der Waals surface area contributed by atoms with Crippen LogP contribution in [0.1, 0.15) is 32.0 Å². The molecule has 5 nitrogen and oxygen atoms in total. The average Bonchev–Trinajstić information content (AvgIpc) is 2.40. The third-order valence-corrected chi connectivity index (χ3v) is 1.97. The van der Waals surface area contributed by atoms with Crippen LogP contribution in [0.25, 0.3) is 0 Å². The molecule has 0 atom stereocenters. The van der Waals surface area contributed by atoms with Crippen LogP contribution in [0.3, 0.4) is 0 Å². The number of ether oxygens (including phenoxy) is 1. The minimum Gasteiger partial charge on any atom is -0.375 e. The molecular formula is C13H23N3O2. The summed E-state index contributed by atoms with van der Waals surface area (Å²) >= 11 is 0. The number of aromatic nitrogens is 1. The summed E-state index contributed by atoms with van der Waals surface area (Å²) in [5.41, 5.74) is 6.92. The lowest BCUT2D eigenvalue weighted by Gasteiger charge is -2.04. The van der Waals surface area contributed by atoms with Gasteiger partial charge >= 0.3 is 0 Å². The first-order valence-corrected chi connectivity index (χ1v) is 6.23. The van der Waals surface area contributed by atoms with E-state index in [1.807, 2.05) is 32.9 Å². The first kappa shape index (κ1) is 16.5. The first-order valence-electron chi connectivity index (χ1n) is 6.23. The van der Waals surface area contributed by atoms with Crippen LogP contribution in [0.4, 0.5) is 0 Å². The van der Waals surface area contributed by atoms with Crippen molar-refractivity contribution in [3.05, 3.63) is 29.6 Å². The Kier molecular flexibility index (Phi) is 9.81. The van der Waals surface area contributed by atoms with Gasteiger partial charge in [0, 0.05) is 19.3 Å². The molecule has 0 aliphatic heterocycles. The topological polar surface area (TPSA) is 77.2 Å². The average molecular weight is 253 g/mol. The minimum absolute atomic E-state index is 0.181. The Morgan fingerprint density at radius 2 is 2.17 bits per heavy atom. The summed E-state index contributed by atoms with van der Waals surface area (Å²) in [7, 11) is 0. The largest absolute Gasteiger partial charge is 0.375 e. The van der Waals surface area contributed by atoms with Crippen molar-refractivity contribution in [1.82, 2.24) is 10.3 Å². The quantitative estimate of drug-likeness (QED) is 0.766. The van der Waals surface area contributed by atoms with E-state index in [-0.39, 0.29) is 12.5 Å². The summed E-state index contributed by atoms with van der Waals surface area (Å²) in [6.45, 7) is 7.93. The van der Waals surface area contributed by atoms with Gasteiger partial charge in [0.15, 0.2) is 0 Å². The maximum absolute atomic E-state index is 10.5. The van der Waals surface area contributed by atoms with Gasteiger partial charge in [0.2, 0.25) is 5.91 Å². The molecule has 1 aromatic rings. The molecule has 0 unspecified atom stereocenters. The van der Waals surface area contributed by atoms with Gasteiger partial charge in [-0.3, -0.25) is 9.78 Å². The lowest BCUT2D eigenvalue weighted by atomic mass is 10.2. The van der Waals surface area contributed by atoms with E-state index in [9.17, 15) is 4.79 Å². The second-order valence-corrected chi connectivity index (χ2v) is 3.36. The number of nitrogens with two attached hydrogens (primary N) is 1. The molecule has 0 aliphatic carbocycles. The Morgan fingerprint density at radius 3 is 2.67 bits per heavy atom. The van der Waals surface area contributed by atoms with Crippen molar-refractivity contribution in [2.75, 3.05) is 13.2 Å². The predicted octanol–water partition coefficient (Wildman–Crippen LogP) is 1.22. The number of hydrogen-bond acceptors (Lipinski definition) is 4. The number of carbonyl (C=O) groups excluding carboxylic acids is 1. The molecule has 1 aromatic heterocycles. The second kappa shape index (κ2) is 10.7. The molecule has 0 radical (unpaired) electrons. The highest BCUT2D eigenvalue weighted by Crippen LogP contribution is 2.01. The highest BCUT2D eigenvalue weighted by atomic mass is 16.5. The fraction of sp³-hybridized carbons (Fsp3) is 0.538. The van der Waals surface area contributed by atoms with Gasteiger partial charge in [-0.2, -0.15) is 0 Å².